The van der Waals surface area contributed by atoms with Crippen LogP contribution in [0.5, 0.6) is 5.75 Å². The first-order chi connectivity index (χ1) is 14.6. The molecule has 0 aromatic heterocycles. The van der Waals surface area contributed by atoms with E-state index in [9.17, 15) is 30.7 Å². The van der Waals surface area contributed by atoms with Crippen molar-refractivity contribution in [3.8, 4) is 28.7 Å². The Hall–Kier alpha value is -3.47. The molecule has 3 aromatic carbocycles. The van der Waals surface area contributed by atoms with E-state index in [1.807, 2.05) is 0 Å². The summed E-state index contributed by atoms with van der Waals surface area (Å²) >= 11 is 0. The predicted octanol–water partition coefficient (Wildman–Crippen LogP) is 6.73. The topological polar surface area (TPSA) is 9.23 Å². The number of alkyl halides is 3. The number of halogens is 7. The SMILES string of the molecule is CCOc1ccc(-c2ccc(C#Cc3cc(F)c(C(F)(F)F)c(F)c3)c(F)c2)c(F)c1. The van der Waals surface area contributed by atoms with E-state index in [1.54, 1.807) is 6.92 Å². The fourth-order valence-electron chi connectivity index (χ4n) is 2.83. The summed E-state index contributed by atoms with van der Waals surface area (Å²) in [6, 6.07) is 8.59. The van der Waals surface area contributed by atoms with Crippen molar-refractivity contribution in [2.24, 2.45) is 0 Å². The Balaban J connectivity index is 1.90. The molecule has 0 bridgehead atoms. The second-order valence-corrected chi connectivity index (χ2v) is 6.33. The molecule has 0 amide bonds. The third-order valence-corrected chi connectivity index (χ3v) is 4.20. The highest BCUT2D eigenvalue weighted by Gasteiger charge is 2.37. The van der Waals surface area contributed by atoms with Gasteiger partial charge in [0.15, 0.2) is 0 Å². The van der Waals surface area contributed by atoms with Gasteiger partial charge in [0.1, 0.15) is 34.6 Å². The van der Waals surface area contributed by atoms with E-state index >= 15 is 0 Å². The molecule has 8 heteroatoms. The van der Waals surface area contributed by atoms with E-state index in [1.165, 1.54) is 24.3 Å². The molecule has 0 aliphatic carbocycles. The zero-order chi connectivity index (χ0) is 22.8. The monoisotopic (exact) mass is 438 g/mol. The van der Waals surface area contributed by atoms with Crippen LogP contribution in [0.3, 0.4) is 0 Å². The van der Waals surface area contributed by atoms with Gasteiger partial charge in [0, 0.05) is 17.2 Å². The molecule has 0 saturated heterocycles. The Labute approximate surface area is 173 Å². The van der Waals surface area contributed by atoms with Gasteiger partial charge in [0.2, 0.25) is 0 Å². The van der Waals surface area contributed by atoms with Gasteiger partial charge in [-0.25, -0.2) is 17.6 Å². The minimum Gasteiger partial charge on any atom is -0.494 e. The van der Waals surface area contributed by atoms with Crippen LogP contribution in [-0.2, 0) is 6.18 Å². The van der Waals surface area contributed by atoms with Crippen LogP contribution in [0.2, 0.25) is 0 Å². The number of ether oxygens (including phenoxy) is 1. The molecule has 3 rings (SSSR count). The fourth-order valence-corrected chi connectivity index (χ4v) is 2.83. The van der Waals surface area contributed by atoms with Crippen molar-refractivity contribution in [1.29, 1.82) is 0 Å². The largest absolute Gasteiger partial charge is 0.494 e. The Bertz CT molecular complexity index is 1160. The third-order valence-electron chi connectivity index (χ3n) is 4.20. The molecule has 0 atom stereocenters. The number of benzene rings is 3. The van der Waals surface area contributed by atoms with E-state index in [4.69, 9.17) is 4.74 Å². The molecular formula is C23H13F7O. The van der Waals surface area contributed by atoms with Crippen molar-refractivity contribution < 1.29 is 35.5 Å². The van der Waals surface area contributed by atoms with Crippen LogP contribution >= 0.6 is 0 Å². The summed E-state index contributed by atoms with van der Waals surface area (Å²) in [6.07, 6.45) is -5.20. The van der Waals surface area contributed by atoms with Gasteiger partial charge in [-0.3, -0.25) is 0 Å². The van der Waals surface area contributed by atoms with Crippen LogP contribution in [0.15, 0.2) is 48.5 Å². The van der Waals surface area contributed by atoms with Gasteiger partial charge in [-0.15, -0.1) is 0 Å². The predicted molar refractivity (Wildman–Crippen MR) is 100 cm³/mol. The minimum atomic E-state index is -5.20. The second-order valence-electron chi connectivity index (χ2n) is 6.33. The molecular weight excluding hydrogens is 425 g/mol. The average molecular weight is 438 g/mol. The van der Waals surface area contributed by atoms with E-state index < -0.39 is 40.6 Å². The quantitative estimate of drug-likeness (QED) is 0.326. The van der Waals surface area contributed by atoms with Crippen LogP contribution in [0, 0.1) is 35.1 Å². The fraction of sp³-hybridized carbons (Fsp3) is 0.130. The molecule has 0 spiro atoms. The van der Waals surface area contributed by atoms with Gasteiger partial charge in [-0.1, -0.05) is 17.9 Å². The molecule has 0 heterocycles. The Morgan fingerprint density at radius 1 is 0.774 bits per heavy atom. The maximum absolute atomic E-state index is 14.4. The Morgan fingerprint density at radius 2 is 1.45 bits per heavy atom. The smallest absolute Gasteiger partial charge is 0.422 e. The molecule has 0 N–H and O–H groups in total. The van der Waals surface area contributed by atoms with E-state index in [0.29, 0.717) is 24.5 Å². The number of hydrogen-bond acceptors (Lipinski definition) is 1. The number of rotatable bonds is 3. The molecule has 0 fully saturated rings. The molecule has 0 aliphatic heterocycles. The first-order valence-corrected chi connectivity index (χ1v) is 8.90. The van der Waals surface area contributed by atoms with Crippen LogP contribution < -0.4 is 4.74 Å². The van der Waals surface area contributed by atoms with Gasteiger partial charge < -0.3 is 4.74 Å². The summed E-state index contributed by atoms with van der Waals surface area (Å²) in [5.41, 5.74) is -2.27. The summed E-state index contributed by atoms with van der Waals surface area (Å²) in [5, 5.41) is 0. The van der Waals surface area contributed by atoms with Crippen LogP contribution in [-0.4, -0.2) is 6.61 Å². The van der Waals surface area contributed by atoms with Crippen molar-refractivity contribution in [3.05, 3.63) is 88.5 Å². The summed E-state index contributed by atoms with van der Waals surface area (Å²) < 4.78 is 98.9. The molecule has 0 saturated carbocycles. The van der Waals surface area contributed by atoms with E-state index in [-0.39, 0.29) is 16.7 Å². The lowest BCUT2D eigenvalue weighted by Gasteiger charge is -2.09. The van der Waals surface area contributed by atoms with Crippen molar-refractivity contribution in [3.63, 3.8) is 0 Å². The van der Waals surface area contributed by atoms with Gasteiger partial charge in [-0.05, 0) is 48.9 Å². The average Bonchev–Trinajstić information content (AvgIpc) is 2.66. The summed E-state index contributed by atoms with van der Waals surface area (Å²) in [7, 11) is 0. The second kappa shape index (κ2) is 8.72. The molecule has 0 aliphatic rings. The molecule has 160 valence electrons. The van der Waals surface area contributed by atoms with Gasteiger partial charge in [0.05, 0.1) is 12.2 Å². The minimum absolute atomic E-state index is 0.119. The molecule has 0 radical (unpaired) electrons. The van der Waals surface area contributed by atoms with Crippen LogP contribution in [0.1, 0.15) is 23.6 Å². The van der Waals surface area contributed by atoms with Crippen LogP contribution in [0.4, 0.5) is 30.7 Å². The standard InChI is InChI=1S/C23H13F7O/c1-2-31-16-7-8-17(19(25)12-16)15-6-5-14(18(24)11-15)4-3-13-9-20(26)22(21(27)10-13)23(28,29)30/h5-12H,2H2,1H3. The van der Waals surface area contributed by atoms with Gasteiger partial charge in [0.25, 0.3) is 0 Å². The van der Waals surface area contributed by atoms with Crippen LogP contribution in [0.25, 0.3) is 11.1 Å². The van der Waals surface area contributed by atoms with Crippen molar-refractivity contribution >= 4 is 0 Å². The normalized spacial score (nSPS) is 11.1. The summed E-state index contributed by atoms with van der Waals surface area (Å²) in [5.74, 6) is -0.252. The maximum Gasteiger partial charge on any atom is 0.422 e. The van der Waals surface area contributed by atoms with E-state index in [0.717, 1.165) is 12.1 Å². The maximum atomic E-state index is 14.4. The summed E-state index contributed by atoms with van der Waals surface area (Å²) in [6.45, 7) is 2.10. The molecule has 0 unspecified atom stereocenters. The van der Waals surface area contributed by atoms with E-state index in [2.05, 4.69) is 11.8 Å². The van der Waals surface area contributed by atoms with Gasteiger partial charge >= 0.3 is 6.18 Å². The number of hydrogen-bond donors (Lipinski definition) is 0. The zero-order valence-corrected chi connectivity index (χ0v) is 15.9. The first kappa shape index (κ1) is 22.2. The lowest BCUT2D eigenvalue weighted by atomic mass is 10.0. The zero-order valence-electron chi connectivity index (χ0n) is 15.9. The highest BCUT2D eigenvalue weighted by Crippen LogP contribution is 2.34. The molecule has 1 nitrogen and oxygen atoms in total. The first-order valence-electron chi connectivity index (χ1n) is 8.90. The van der Waals surface area contributed by atoms with Crippen molar-refractivity contribution in [1.82, 2.24) is 0 Å². The van der Waals surface area contributed by atoms with Gasteiger partial charge in [-0.2, -0.15) is 13.2 Å². The highest BCUT2D eigenvalue weighted by molar-refractivity contribution is 5.66. The van der Waals surface area contributed by atoms with Crippen molar-refractivity contribution in [2.45, 2.75) is 13.1 Å². The highest BCUT2D eigenvalue weighted by atomic mass is 19.4. The van der Waals surface area contributed by atoms with Crippen molar-refractivity contribution in [2.75, 3.05) is 6.61 Å². The third kappa shape index (κ3) is 5.00. The Kier molecular flexibility index (Phi) is 6.25. The summed E-state index contributed by atoms with van der Waals surface area (Å²) in [4.78, 5) is 0. The lowest BCUT2D eigenvalue weighted by Crippen LogP contribution is -2.11. The lowest BCUT2D eigenvalue weighted by molar-refractivity contribution is -0.142. The molecule has 3 aromatic rings. The Morgan fingerprint density at radius 3 is 2.00 bits per heavy atom. The molecule has 31 heavy (non-hydrogen) atoms.